The van der Waals surface area contributed by atoms with Crippen molar-refractivity contribution in [2.45, 2.75) is 38.6 Å². The van der Waals surface area contributed by atoms with E-state index in [4.69, 9.17) is 16.3 Å². The van der Waals surface area contributed by atoms with Crippen LogP contribution in [0.3, 0.4) is 0 Å². The zero-order chi connectivity index (χ0) is 15.2. The van der Waals surface area contributed by atoms with Crippen molar-refractivity contribution in [3.05, 3.63) is 34.4 Å². The highest BCUT2D eigenvalue weighted by Gasteiger charge is 2.23. The molecule has 1 N–H and O–H groups in total. The van der Waals surface area contributed by atoms with Crippen molar-refractivity contribution < 1.29 is 13.5 Å². The van der Waals surface area contributed by atoms with Crippen molar-refractivity contribution in [3.8, 4) is 0 Å². The Bertz CT molecular complexity index is 464. The van der Waals surface area contributed by atoms with Gasteiger partial charge >= 0.3 is 0 Å². The van der Waals surface area contributed by atoms with E-state index in [0.29, 0.717) is 11.5 Å². The molecule has 1 fully saturated rings. The minimum Gasteiger partial charge on any atom is -0.381 e. The summed E-state index contributed by atoms with van der Waals surface area (Å²) in [7, 11) is 0. The molecule has 0 spiro atoms. The zero-order valence-electron chi connectivity index (χ0n) is 12.3. The van der Waals surface area contributed by atoms with E-state index in [0.717, 1.165) is 51.5 Å². The molecule has 1 saturated heterocycles. The largest absolute Gasteiger partial charge is 0.381 e. The Morgan fingerprint density at radius 1 is 1.29 bits per heavy atom. The Labute approximate surface area is 129 Å². The molecular weight excluding hydrogens is 296 g/mol. The van der Waals surface area contributed by atoms with Crippen LogP contribution in [-0.4, -0.2) is 19.8 Å². The normalized spacial score (nSPS) is 17.9. The summed E-state index contributed by atoms with van der Waals surface area (Å²) in [6.45, 7) is 4.33. The maximum Gasteiger partial charge on any atom is 0.142 e. The lowest BCUT2D eigenvalue weighted by atomic mass is 9.89. The summed E-state index contributed by atoms with van der Waals surface area (Å²) < 4.78 is 33.2. The van der Waals surface area contributed by atoms with Gasteiger partial charge in [0.1, 0.15) is 11.6 Å². The van der Waals surface area contributed by atoms with Crippen molar-refractivity contribution in [2.75, 3.05) is 19.8 Å². The molecule has 0 saturated carbocycles. The van der Waals surface area contributed by atoms with E-state index < -0.39 is 11.6 Å². The second-order valence-electron chi connectivity index (χ2n) is 5.59. The Morgan fingerprint density at radius 2 is 2.00 bits per heavy atom. The highest BCUT2D eigenvalue weighted by Crippen LogP contribution is 2.31. The number of ether oxygens (including phenoxy) is 1. The van der Waals surface area contributed by atoms with Gasteiger partial charge in [-0.3, -0.25) is 0 Å². The van der Waals surface area contributed by atoms with E-state index in [1.165, 1.54) is 6.07 Å². The van der Waals surface area contributed by atoms with E-state index in [2.05, 4.69) is 12.2 Å². The topological polar surface area (TPSA) is 21.3 Å². The molecule has 1 aromatic rings. The molecule has 2 nitrogen and oxygen atoms in total. The minimum atomic E-state index is -0.566. The van der Waals surface area contributed by atoms with E-state index in [9.17, 15) is 8.78 Å². The maximum atomic E-state index is 14.1. The van der Waals surface area contributed by atoms with Gasteiger partial charge in [-0.2, -0.15) is 0 Å². The number of hydrogen-bond acceptors (Lipinski definition) is 2. The molecule has 1 atom stereocenters. The van der Waals surface area contributed by atoms with Crippen molar-refractivity contribution >= 4 is 11.6 Å². The predicted octanol–water partition coefficient (Wildman–Crippen LogP) is 4.48. The molecule has 5 heteroatoms. The number of hydrogen-bond donors (Lipinski definition) is 1. The molecule has 0 bridgehead atoms. The quantitative estimate of drug-likeness (QED) is 0.781. The average molecular weight is 318 g/mol. The number of rotatable bonds is 6. The Morgan fingerprint density at radius 3 is 2.67 bits per heavy atom. The van der Waals surface area contributed by atoms with Gasteiger partial charge in [-0.25, -0.2) is 8.78 Å². The van der Waals surface area contributed by atoms with Gasteiger partial charge in [0.25, 0.3) is 0 Å². The number of halogens is 3. The lowest BCUT2D eigenvalue weighted by molar-refractivity contribution is 0.0604. The van der Waals surface area contributed by atoms with Crippen LogP contribution < -0.4 is 5.32 Å². The van der Waals surface area contributed by atoms with Crippen LogP contribution >= 0.6 is 11.6 Å². The molecule has 1 heterocycles. The van der Waals surface area contributed by atoms with Crippen LogP contribution in [0.4, 0.5) is 8.78 Å². The SMILES string of the molecule is CCCNC(CC1CCOCC1)c1cc(F)c(Cl)cc1F. The van der Waals surface area contributed by atoms with Crippen LogP contribution in [0.25, 0.3) is 0 Å². The van der Waals surface area contributed by atoms with E-state index >= 15 is 0 Å². The van der Waals surface area contributed by atoms with Gasteiger partial charge < -0.3 is 10.1 Å². The van der Waals surface area contributed by atoms with Crippen molar-refractivity contribution in [1.29, 1.82) is 0 Å². The van der Waals surface area contributed by atoms with Crippen LogP contribution in [0.1, 0.15) is 44.2 Å². The first-order valence-electron chi connectivity index (χ1n) is 7.57. The Kier molecular flexibility index (Phi) is 6.40. The first kappa shape index (κ1) is 16.7. The van der Waals surface area contributed by atoms with E-state index in [1.807, 2.05) is 0 Å². The second-order valence-corrected chi connectivity index (χ2v) is 5.99. The summed E-state index contributed by atoms with van der Waals surface area (Å²) in [5.74, 6) is -0.531. The molecular formula is C16H22ClF2NO. The predicted molar refractivity (Wildman–Crippen MR) is 80.6 cm³/mol. The summed E-state index contributed by atoms with van der Waals surface area (Å²) in [4.78, 5) is 0. The van der Waals surface area contributed by atoms with Gasteiger partial charge in [-0.1, -0.05) is 18.5 Å². The lowest BCUT2D eigenvalue weighted by Gasteiger charge is -2.28. The third-order valence-electron chi connectivity index (χ3n) is 3.97. The molecule has 0 aliphatic carbocycles. The van der Waals surface area contributed by atoms with E-state index in [-0.39, 0.29) is 11.1 Å². The molecule has 0 amide bonds. The van der Waals surface area contributed by atoms with Gasteiger partial charge in [-0.05, 0) is 50.3 Å². The first-order valence-corrected chi connectivity index (χ1v) is 7.95. The third kappa shape index (κ3) is 4.63. The third-order valence-corrected chi connectivity index (χ3v) is 4.26. The second kappa shape index (κ2) is 8.06. The summed E-state index contributed by atoms with van der Waals surface area (Å²) >= 11 is 5.63. The molecule has 0 radical (unpaired) electrons. The summed E-state index contributed by atoms with van der Waals surface area (Å²) in [6, 6.07) is 2.11. The van der Waals surface area contributed by atoms with Crippen LogP contribution in [-0.2, 0) is 4.74 Å². The molecule has 21 heavy (non-hydrogen) atoms. The molecule has 1 aromatic carbocycles. The summed E-state index contributed by atoms with van der Waals surface area (Å²) in [5, 5.41) is 3.16. The fourth-order valence-corrected chi connectivity index (χ4v) is 2.91. The molecule has 1 unspecified atom stereocenters. The standard InChI is InChI=1S/C16H22ClF2NO/c1-2-5-20-16(8-11-3-6-21-7-4-11)12-9-15(19)13(17)10-14(12)18/h9-11,16,20H,2-8H2,1H3. The Balaban J connectivity index is 2.16. The van der Waals surface area contributed by atoms with Gasteiger partial charge in [0.15, 0.2) is 0 Å². The maximum absolute atomic E-state index is 14.1. The molecule has 2 rings (SSSR count). The summed E-state index contributed by atoms with van der Waals surface area (Å²) in [6.07, 6.45) is 3.69. The zero-order valence-corrected chi connectivity index (χ0v) is 13.1. The van der Waals surface area contributed by atoms with Crippen LogP contribution in [0.5, 0.6) is 0 Å². The highest BCUT2D eigenvalue weighted by molar-refractivity contribution is 6.30. The molecule has 1 aliphatic rings. The molecule has 0 aromatic heterocycles. The first-order chi connectivity index (χ1) is 10.1. The fraction of sp³-hybridized carbons (Fsp3) is 0.625. The van der Waals surface area contributed by atoms with Crippen molar-refractivity contribution in [1.82, 2.24) is 5.32 Å². The minimum absolute atomic E-state index is 0.170. The van der Waals surface area contributed by atoms with Crippen molar-refractivity contribution in [3.63, 3.8) is 0 Å². The summed E-state index contributed by atoms with van der Waals surface area (Å²) in [5.41, 5.74) is 0.372. The Hall–Kier alpha value is -0.710. The highest BCUT2D eigenvalue weighted by atomic mass is 35.5. The number of benzene rings is 1. The monoisotopic (exact) mass is 317 g/mol. The van der Waals surface area contributed by atoms with Gasteiger partial charge in [0.05, 0.1) is 5.02 Å². The van der Waals surface area contributed by atoms with E-state index in [1.54, 1.807) is 0 Å². The van der Waals surface area contributed by atoms with Crippen LogP contribution in [0.2, 0.25) is 5.02 Å². The van der Waals surface area contributed by atoms with Crippen LogP contribution in [0.15, 0.2) is 12.1 Å². The molecule has 1 aliphatic heterocycles. The smallest absolute Gasteiger partial charge is 0.142 e. The average Bonchev–Trinajstić information content (AvgIpc) is 2.48. The van der Waals surface area contributed by atoms with Gasteiger partial charge in [0.2, 0.25) is 0 Å². The van der Waals surface area contributed by atoms with Gasteiger partial charge in [0, 0.05) is 24.8 Å². The van der Waals surface area contributed by atoms with Crippen molar-refractivity contribution in [2.24, 2.45) is 5.92 Å². The molecule has 118 valence electrons. The van der Waals surface area contributed by atoms with Gasteiger partial charge in [-0.15, -0.1) is 0 Å². The van der Waals surface area contributed by atoms with Crippen LogP contribution in [0, 0.1) is 17.6 Å². The lowest BCUT2D eigenvalue weighted by Crippen LogP contribution is -2.27. The number of nitrogens with one attached hydrogen (secondary N) is 1. The fourth-order valence-electron chi connectivity index (χ4n) is 2.76.